The number of nitrogens with two attached hydrogens (primary N) is 1. The summed E-state index contributed by atoms with van der Waals surface area (Å²) in [4.78, 5) is 21.1. The molecule has 0 spiro atoms. The van der Waals surface area contributed by atoms with Crippen molar-refractivity contribution >= 4 is 22.8 Å². The van der Waals surface area contributed by atoms with Crippen molar-refractivity contribution in [3.05, 3.63) is 35.0 Å². The van der Waals surface area contributed by atoms with Crippen molar-refractivity contribution in [1.29, 1.82) is 0 Å². The Labute approximate surface area is 123 Å². The van der Waals surface area contributed by atoms with Gasteiger partial charge >= 0.3 is 11.9 Å². The maximum Gasteiger partial charge on any atom is 0.414 e. The molecule has 0 bridgehead atoms. The van der Waals surface area contributed by atoms with Crippen LogP contribution in [-0.2, 0) is 16.0 Å². The van der Waals surface area contributed by atoms with Crippen molar-refractivity contribution in [2.45, 2.75) is 13.3 Å². The molecule has 2 aromatic rings. The first-order chi connectivity index (χ1) is 9.77. The Bertz CT molecular complexity index is 673. The number of H-pyrrole nitrogens is 1. The van der Waals surface area contributed by atoms with E-state index < -0.39 is 23.6 Å². The molecule has 1 aromatic carbocycles. The summed E-state index contributed by atoms with van der Waals surface area (Å²) in [6, 6.07) is 2.22. The molecule has 0 aliphatic heterocycles. The first-order valence-electron chi connectivity index (χ1n) is 5.90. The lowest BCUT2D eigenvalue weighted by Crippen LogP contribution is -2.09. The number of benzene rings is 1. The number of aryl methyl sites for hydroxylation is 1. The van der Waals surface area contributed by atoms with E-state index in [4.69, 9.17) is 25.5 Å². The third kappa shape index (κ3) is 4.50. The normalized spacial score (nSPS) is 9.64. The average molecular weight is 318 g/mol. The largest absolute Gasteiger partial charge is 0.473 e. The fourth-order valence-corrected chi connectivity index (χ4v) is 1.87. The number of hydrogen-bond donors (Lipinski definition) is 4. The van der Waals surface area contributed by atoms with Crippen molar-refractivity contribution in [1.82, 2.24) is 4.98 Å². The minimum atomic E-state index is -1.82. The molecule has 0 fully saturated rings. The van der Waals surface area contributed by atoms with Crippen LogP contribution in [0.3, 0.4) is 0 Å². The monoisotopic (exact) mass is 318 g/mol. The molecule has 9 heteroatoms. The number of fused-ring (bicyclic) bond motifs is 1. The number of aromatic nitrogens is 1. The highest BCUT2D eigenvalue weighted by molar-refractivity contribution is 6.27. The van der Waals surface area contributed by atoms with Gasteiger partial charge in [-0.15, -0.1) is 0 Å². The summed E-state index contributed by atoms with van der Waals surface area (Å²) in [5.74, 6) is -4.77. The van der Waals surface area contributed by atoms with E-state index in [0.29, 0.717) is 23.9 Å². The number of carboxylic acid groups (broad SMARTS) is 2. The number of nitrogens with one attached hydrogen (secondary N) is 1. The SMILES string of the molecule is Cc1[nH]c2c(F)cc(F)cc2c1CCN.O.O=C(O)C(=O)O. The summed E-state index contributed by atoms with van der Waals surface area (Å²) in [7, 11) is 0. The smallest absolute Gasteiger partial charge is 0.414 e. The van der Waals surface area contributed by atoms with Crippen LogP contribution in [0.15, 0.2) is 12.1 Å². The highest BCUT2D eigenvalue weighted by atomic mass is 19.1. The molecular weight excluding hydrogens is 302 g/mol. The van der Waals surface area contributed by atoms with Crippen molar-refractivity contribution in [2.75, 3.05) is 6.54 Å². The van der Waals surface area contributed by atoms with E-state index in [9.17, 15) is 8.78 Å². The molecule has 0 aliphatic carbocycles. The van der Waals surface area contributed by atoms with E-state index in [2.05, 4.69) is 4.98 Å². The molecule has 0 unspecified atom stereocenters. The van der Waals surface area contributed by atoms with E-state index in [1.165, 1.54) is 6.07 Å². The quantitative estimate of drug-likeness (QED) is 0.598. The lowest BCUT2D eigenvalue weighted by atomic mass is 10.1. The van der Waals surface area contributed by atoms with Crippen LogP contribution in [0.4, 0.5) is 8.78 Å². The molecule has 0 aliphatic rings. The van der Waals surface area contributed by atoms with Gasteiger partial charge in [0.1, 0.15) is 11.6 Å². The van der Waals surface area contributed by atoms with E-state index >= 15 is 0 Å². The lowest BCUT2D eigenvalue weighted by molar-refractivity contribution is -0.159. The van der Waals surface area contributed by atoms with Crippen molar-refractivity contribution < 1.29 is 34.1 Å². The number of carbonyl (C=O) groups is 2. The molecule has 0 atom stereocenters. The molecule has 122 valence electrons. The summed E-state index contributed by atoms with van der Waals surface area (Å²) >= 11 is 0. The molecule has 22 heavy (non-hydrogen) atoms. The summed E-state index contributed by atoms with van der Waals surface area (Å²) in [6.45, 7) is 2.30. The van der Waals surface area contributed by atoms with Gasteiger partial charge in [-0.1, -0.05) is 0 Å². The Kier molecular flexibility index (Phi) is 7.13. The molecule has 7 nitrogen and oxygen atoms in total. The highest BCUT2D eigenvalue weighted by Crippen LogP contribution is 2.25. The van der Waals surface area contributed by atoms with Crippen LogP contribution in [0.25, 0.3) is 10.9 Å². The van der Waals surface area contributed by atoms with Gasteiger partial charge < -0.3 is 26.4 Å². The standard InChI is InChI=1S/C11H12F2N2.C2H2O4.H2O/c1-6-8(2-3-14)9-4-7(12)5-10(13)11(9)15-6;3-1(4)2(5)6;/h4-5,15H,2-3,14H2,1H3;(H,3,4)(H,5,6);1H2. The van der Waals surface area contributed by atoms with Gasteiger partial charge in [-0.25, -0.2) is 18.4 Å². The Morgan fingerprint density at radius 3 is 2.23 bits per heavy atom. The zero-order chi connectivity index (χ0) is 16.2. The predicted molar refractivity (Wildman–Crippen MR) is 74.6 cm³/mol. The number of aromatic amines is 1. The van der Waals surface area contributed by atoms with E-state index in [0.717, 1.165) is 17.3 Å². The summed E-state index contributed by atoms with van der Waals surface area (Å²) in [6.07, 6.45) is 0.620. The number of hydrogen-bond acceptors (Lipinski definition) is 3. The fraction of sp³-hybridized carbons (Fsp3) is 0.231. The molecule has 7 N–H and O–H groups in total. The number of carboxylic acids is 2. The minimum absolute atomic E-state index is 0. The molecule has 0 saturated carbocycles. The number of halogens is 2. The molecule has 2 rings (SSSR count). The molecule has 1 aromatic heterocycles. The average Bonchev–Trinajstić information content (AvgIpc) is 2.68. The molecule has 0 saturated heterocycles. The van der Waals surface area contributed by atoms with E-state index in [-0.39, 0.29) is 5.48 Å². The van der Waals surface area contributed by atoms with Crippen molar-refractivity contribution in [3.8, 4) is 0 Å². The van der Waals surface area contributed by atoms with E-state index in [1.54, 1.807) is 0 Å². The molecule has 0 radical (unpaired) electrons. The third-order valence-electron chi connectivity index (χ3n) is 2.72. The van der Waals surface area contributed by atoms with Gasteiger partial charge in [-0.3, -0.25) is 0 Å². The molecular formula is C13H16F2N2O5. The van der Waals surface area contributed by atoms with Crippen LogP contribution >= 0.6 is 0 Å². The van der Waals surface area contributed by atoms with Crippen LogP contribution in [0.5, 0.6) is 0 Å². The Hall–Kier alpha value is -2.52. The second kappa shape index (κ2) is 8.05. The van der Waals surface area contributed by atoms with Gasteiger partial charge in [-0.2, -0.15) is 0 Å². The Morgan fingerprint density at radius 2 is 1.77 bits per heavy atom. The Balaban J connectivity index is 0.000000546. The topological polar surface area (TPSA) is 148 Å². The lowest BCUT2D eigenvalue weighted by Gasteiger charge is -1.98. The summed E-state index contributed by atoms with van der Waals surface area (Å²) in [5.41, 5.74) is 7.55. The first-order valence-corrected chi connectivity index (χ1v) is 5.90. The summed E-state index contributed by atoms with van der Waals surface area (Å²) < 4.78 is 26.4. The van der Waals surface area contributed by atoms with Crippen LogP contribution in [-0.4, -0.2) is 39.2 Å². The third-order valence-corrected chi connectivity index (χ3v) is 2.72. The second-order valence-electron chi connectivity index (χ2n) is 4.19. The van der Waals surface area contributed by atoms with Crippen molar-refractivity contribution in [3.63, 3.8) is 0 Å². The maximum absolute atomic E-state index is 13.4. The van der Waals surface area contributed by atoms with Crippen LogP contribution < -0.4 is 5.73 Å². The molecule has 0 amide bonds. The Morgan fingerprint density at radius 1 is 1.23 bits per heavy atom. The van der Waals surface area contributed by atoms with Crippen LogP contribution in [0.1, 0.15) is 11.3 Å². The van der Waals surface area contributed by atoms with Gasteiger partial charge in [-0.05, 0) is 31.5 Å². The van der Waals surface area contributed by atoms with Crippen molar-refractivity contribution in [2.24, 2.45) is 5.73 Å². The zero-order valence-electron chi connectivity index (χ0n) is 11.6. The van der Waals surface area contributed by atoms with Crippen LogP contribution in [0, 0.1) is 18.6 Å². The summed E-state index contributed by atoms with van der Waals surface area (Å²) in [5, 5.41) is 15.4. The number of aliphatic carboxylic acids is 2. The van der Waals surface area contributed by atoms with Gasteiger partial charge in [0.05, 0.1) is 5.52 Å². The van der Waals surface area contributed by atoms with E-state index in [1.807, 2.05) is 6.92 Å². The minimum Gasteiger partial charge on any atom is -0.473 e. The zero-order valence-corrected chi connectivity index (χ0v) is 11.6. The second-order valence-corrected chi connectivity index (χ2v) is 4.19. The molecule has 1 heterocycles. The van der Waals surface area contributed by atoms with Gasteiger partial charge in [0.25, 0.3) is 0 Å². The highest BCUT2D eigenvalue weighted by Gasteiger charge is 2.12. The fourth-order valence-electron chi connectivity index (χ4n) is 1.87. The number of rotatable bonds is 2. The van der Waals surface area contributed by atoms with Gasteiger partial charge in [0, 0.05) is 17.1 Å². The van der Waals surface area contributed by atoms with Crippen LogP contribution in [0.2, 0.25) is 0 Å². The van der Waals surface area contributed by atoms with Gasteiger partial charge in [0.15, 0.2) is 0 Å². The van der Waals surface area contributed by atoms with Gasteiger partial charge in [0.2, 0.25) is 0 Å². The predicted octanol–water partition coefficient (Wildman–Crippen LogP) is 0.587. The first kappa shape index (κ1) is 19.5. The maximum atomic E-state index is 13.4.